The predicted octanol–water partition coefficient (Wildman–Crippen LogP) is 1.06. The molecule has 0 aromatic carbocycles. The van der Waals surface area contributed by atoms with Gasteiger partial charge in [-0.1, -0.05) is 5.21 Å². The summed E-state index contributed by atoms with van der Waals surface area (Å²) in [5.74, 6) is 0.977. The van der Waals surface area contributed by atoms with Gasteiger partial charge in [0.15, 0.2) is 0 Å². The average molecular weight is 232 g/mol. The molecule has 0 unspecified atom stereocenters. The molecule has 0 radical (unpaired) electrons. The summed E-state index contributed by atoms with van der Waals surface area (Å²) in [7, 11) is 0. The fraction of sp³-hybridized carbons (Fsp3) is 0.545. The summed E-state index contributed by atoms with van der Waals surface area (Å²) in [4.78, 5) is 4.50. The first-order valence-corrected chi connectivity index (χ1v) is 5.96. The molecule has 1 fully saturated rings. The van der Waals surface area contributed by atoms with E-state index in [1.807, 2.05) is 17.8 Å². The Labute approximate surface area is 99.7 Å². The molecule has 17 heavy (non-hydrogen) atoms. The van der Waals surface area contributed by atoms with Crippen molar-refractivity contribution < 1.29 is 0 Å². The Morgan fingerprint density at radius 3 is 3.00 bits per heavy atom. The molecule has 0 atom stereocenters. The van der Waals surface area contributed by atoms with E-state index in [1.165, 1.54) is 12.8 Å². The molecule has 6 nitrogen and oxygen atoms in total. The van der Waals surface area contributed by atoms with E-state index >= 15 is 0 Å². The number of aromatic nitrogens is 5. The van der Waals surface area contributed by atoms with Gasteiger partial charge in [-0.2, -0.15) is 0 Å². The van der Waals surface area contributed by atoms with Gasteiger partial charge >= 0.3 is 0 Å². The minimum atomic E-state index is 0.627. The van der Waals surface area contributed by atoms with E-state index in [0.29, 0.717) is 6.04 Å². The Morgan fingerprint density at radius 2 is 2.29 bits per heavy atom. The van der Waals surface area contributed by atoms with E-state index in [2.05, 4.69) is 31.4 Å². The minimum absolute atomic E-state index is 0.627. The van der Waals surface area contributed by atoms with Crippen LogP contribution in [0, 0.1) is 6.92 Å². The maximum atomic E-state index is 4.50. The van der Waals surface area contributed by atoms with E-state index in [1.54, 1.807) is 6.20 Å². The molecule has 0 spiro atoms. The second-order valence-electron chi connectivity index (χ2n) is 4.48. The number of nitrogens with one attached hydrogen (secondary N) is 1. The predicted molar refractivity (Wildman–Crippen MR) is 63.6 cm³/mol. The third-order valence-electron chi connectivity index (χ3n) is 2.85. The van der Waals surface area contributed by atoms with Gasteiger partial charge in [0.05, 0.1) is 18.4 Å². The fourth-order valence-corrected chi connectivity index (χ4v) is 1.80. The number of anilines is 1. The van der Waals surface area contributed by atoms with E-state index < -0.39 is 0 Å². The molecule has 0 saturated heterocycles. The van der Waals surface area contributed by atoms with Crippen molar-refractivity contribution in [1.82, 2.24) is 24.5 Å². The highest BCUT2D eigenvalue weighted by Crippen LogP contribution is 2.24. The van der Waals surface area contributed by atoms with Gasteiger partial charge in [0, 0.05) is 25.0 Å². The maximum absolute atomic E-state index is 4.50. The number of hydrogen-bond acceptors (Lipinski definition) is 4. The van der Waals surface area contributed by atoms with E-state index in [-0.39, 0.29) is 0 Å². The highest BCUT2D eigenvalue weighted by molar-refractivity contribution is 5.32. The smallest absolute Gasteiger partial charge is 0.203 e. The summed E-state index contributed by atoms with van der Waals surface area (Å²) in [6, 6.07) is 0.627. The zero-order valence-electron chi connectivity index (χ0n) is 9.87. The van der Waals surface area contributed by atoms with E-state index in [0.717, 1.165) is 24.7 Å². The third kappa shape index (κ3) is 2.46. The minimum Gasteiger partial charge on any atom is -0.353 e. The molecule has 2 aromatic heterocycles. The highest BCUT2D eigenvalue weighted by Gasteiger charge is 2.22. The van der Waals surface area contributed by atoms with Crippen LogP contribution in [0.3, 0.4) is 0 Å². The number of nitrogens with zero attached hydrogens (tertiary/aromatic N) is 5. The number of rotatable bonds is 5. The van der Waals surface area contributed by atoms with Crippen LogP contribution in [0.2, 0.25) is 0 Å². The SMILES string of the molecule is Cc1cn(CCn2ccnn2)c(NC2CC2)n1. The molecule has 2 aromatic rings. The van der Waals surface area contributed by atoms with Crippen molar-refractivity contribution in [2.45, 2.75) is 38.9 Å². The second kappa shape index (κ2) is 4.20. The fourth-order valence-electron chi connectivity index (χ4n) is 1.80. The van der Waals surface area contributed by atoms with Crippen molar-refractivity contribution >= 4 is 5.95 Å². The summed E-state index contributed by atoms with van der Waals surface area (Å²) >= 11 is 0. The molecule has 1 aliphatic rings. The molecule has 0 aliphatic heterocycles. The molecular weight excluding hydrogens is 216 g/mol. The Bertz CT molecular complexity index is 482. The van der Waals surface area contributed by atoms with Gasteiger partial charge in [0.1, 0.15) is 0 Å². The van der Waals surface area contributed by atoms with Gasteiger partial charge < -0.3 is 9.88 Å². The molecule has 6 heteroatoms. The van der Waals surface area contributed by atoms with E-state index in [4.69, 9.17) is 0 Å². The summed E-state index contributed by atoms with van der Waals surface area (Å²) in [5, 5.41) is 11.2. The van der Waals surface area contributed by atoms with Gasteiger partial charge in [-0.25, -0.2) is 4.98 Å². The quantitative estimate of drug-likeness (QED) is 0.837. The summed E-state index contributed by atoms with van der Waals surface area (Å²) < 4.78 is 3.98. The molecule has 90 valence electrons. The number of hydrogen-bond donors (Lipinski definition) is 1. The Morgan fingerprint density at radius 1 is 1.41 bits per heavy atom. The summed E-state index contributed by atoms with van der Waals surface area (Å²) in [5.41, 5.74) is 1.05. The van der Waals surface area contributed by atoms with E-state index in [9.17, 15) is 0 Å². The van der Waals surface area contributed by atoms with Crippen molar-refractivity contribution in [3.8, 4) is 0 Å². The molecular formula is C11H16N6. The van der Waals surface area contributed by atoms with Gasteiger partial charge in [0.2, 0.25) is 5.95 Å². The van der Waals surface area contributed by atoms with Crippen molar-refractivity contribution in [1.29, 1.82) is 0 Å². The van der Waals surface area contributed by atoms with Crippen molar-refractivity contribution in [3.05, 3.63) is 24.3 Å². The maximum Gasteiger partial charge on any atom is 0.203 e. The van der Waals surface area contributed by atoms with Crippen molar-refractivity contribution in [2.75, 3.05) is 5.32 Å². The molecule has 1 N–H and O–H groups in total. The topological polar surface area (TPSA) is 60.6 Å². The van der Waals surface area contributed by atoms with Crippen LogP contribution < -0.4 is 5.32 Å². The first kappa shape index (κ1) is 10.3. The summed E-state index contributed by atoms with van der Waals surface area (Å²) in [6.07, 6.45) is 8.16. The summed E-state index contributed by atoms with van der Waals surface area (Å²) in [6.45, 7) is 3.69. The first-order chi connectivity index (χ1) is 8.31. The molecule has 2 heterocycles. The molecule has 1 saturated carbocycles. The zero-order valence-corrected chi connectivity index (χ0v) is 9.87. The van der Waals surface area contributed by atoms with Crippen LogP contribution in [0.25, 0.3) is 0 Å². The second-order valence-corrected chi connectivity index (χ2v) is 4.48. The lowest BCUT2D eigenvalue weighted by Gasteiger charge is -2.08. The van der Waals surface area contributed by atoms with Crippen LogP contribution in [0.1, 0.15) is 18.5 Å². The highest BCUT2D eigenvalue weighted by atomic mass is 15.4. The molecule has 0 amide bonds. The first-order valence-electron chi connectivity index (χ1n) is 5.96. The van der Waals surface area contributed by atoms with Gasteiger partial charge in [-0.05, 0) is 19.8 Å². The van der Waals surface area contributed by atoms with Crippen LogP contribution in [0.4, 0.5) is 5.95 Å². The van der Waals surface area contributed by atoms with Crippen molar-refractivity contribution in [2.24, 2.45) is 0 Å². The Kier molecular flexibility index (Phi) is 2.55. The molecule has 0 bridgehead atoms. The molecule has 1 aliphatic carbocycles. The van der Waals surface area contributed by atoms with Crippen LogP contribution >= 0.6 is 0 Å². The number of imidazole rings is 1. The van der Waals surface area contributed by atoms with Gasteiger partial charge in [-0.15, -0.1) is 5.10 Å². The van der Waals surface area contributed by atoms with Crippen LogP contribution in [0.5, 0.6) is 0 Å². The Hall–Kier alpha value is -1.85. The molecule has 3 rings (SSSR count). The number of aryl methyl sites for hydroxylation is 3. The third-order valence-corrected chi connectivity index (χ3v) is 2.85. The lowest BCUT2D eigenvalue weighted by Crippen LogP contribution is -2.12. The van der Waals surface area contributed by atoms with Crippen LogP contribution in [-0.4, -0.2) is 30.6 Å². The largest absolute Gasteiger partial charge is 0.353 e. The lowest BCUT2D eigenvalue weighted by atomic mass is 10.5. The zero-order chi connectivity index (χ0) is 11.7. The van der Waals surface area contributed by atoms with Crippen LogP contribution in [-0.2, 0) is 13.1 Å². The Balaban J connectivity index is 1.68. The monoisotopic (exact) mass is 232 g/mol. The van der Waals surface area contributed by atoms with Crippen molar-refractivity contribution in [3.63, 3.8) is 0 Å². The normalized spacial score (nSPS) is 15.1. The van der Waals surface area contributed by atoms with Crippen LogP contribution in [0.15, 0.2) is 18.6 Å². The van der Waals surface area contributed by atoms with Gasteiger partial charge in [0.25, 0.3) is 0 Å². The van der Waals surface area contributed by atoms with Gasteiger partial charge in [-0.3, -0.25) is 4.68 Å². The average Bonchev–Trinajstić information content (AvgIpc) is 2.85. The standard InChI is InChI=1S/C11H16N6/c1-9-8-16(6-7-17-5-4-12-15-17)11(13-9)14-10-2-3-10/h4-5,8,10H,2-3,6-7H2,1H3,(H,13,14). The lowest BCUT2D eigenvalue weighted by molar-refractivity contribution is 0.521.